The van der Waals surface area contributed by atoms with Crippen LogP contribution in [0.4, 0.5) is 0 Å². The van der Waals surface area contributed by atoms with Crippen molar-refractivity contribution in [2.75, 3.05) is 6.54 Å². The van der Waals surface area contributed by atoms with E-state index in [0.717, 1.165) is 0 Å². The number of rotatable bonds is 0. The van der Waals surface area contributed by atoms with Crippen molar-refractivity contribution in [2.45, 2.75) is 44.0 Å². The molecule has 0 saturated carbocycles. The SMILES string of the molecule is CC1(C)O[C@H]2[C@H]3[C@H](O)C=CC(=O)N3C[C@H]2O1. The lowest BCUT2D eigenvalue weighted by atomic mass is 10.0. The van der Waals surface area contributed by atoms with Crippen molar-refractivity contribution in [3.63, 3.8) is 0 Å². The molecule has 5 heteroatoms. The minimum atomic E-state index is -0.662. The second-order valence-corrected chi connectivity index (χ2v) is 4.97. The highest BCUT2D eigenvalue weighted by Gasteiger charge is 2.56. The molecule has 0 aromatic heterocycles. The molecule has 16 heavy (non-hydrogen) atoms. The summed E-state index contributed by atoms with van der Waals surface area (Å²) >= 11 is 0. The molecule has 3 heterocycles. The van der Waals surface area contributed by atoms with E-state index in [1.165, 1.54) is 12.2 Å². The van der Waals surface area contributed by atoms with Gasteiger partial charge in [-0.05, 0) is 19.9 Å². The number of amides is 1. The van der Waals surface area contributed by atoms with Crippen LogP contribution < -0.4 is 0 Å². The Labute approximate surface area is 93.6 Å². The van der Waals surface area contributed by atoms with Gasteiger partial charge in [-0.25, -0.2) is 0 Å². The monoisotopic (exact) mass is 225 g/mol. The lowest BCUT2D eigenvalue weighted by Gasteiger charge is -2.33. The Balaban J connectivity index is 1.90. The first-order valence-corrected chi connectivity index (χ1v) is 5.50. The summed E-state index contributed by atoms with van der Waals surface area (Å²) in [6.07, 6.45) is 1.93. The van der Waals surface area contributed by atoms with Crippen LogP contribution >= 0.6 is 0 Å². The molecule has 0 bridgehead atoms. The summed E-state index contributed by atoms with van der Waals surface area (Å²) in [5.41, 5.74) is 0. The molecular weight excluding hydrogens is 210 g/mol. The number of hydrogen-bond acceptors (Lipinski definition) is 4. The first-order valence-electron chi connectivity index (χ1n) is 5.50. The van der Waals surface area contributed by atoms with Crippen LogP contribution in [0.2, 0.25) is 0 Å². The van der Waals surface area contributed by atoms with Gasteiger partial charge in [0, 0.05) is 6.08 Å². The number of aliphatic hydroxyl groups excluding tert-OH is 1. The van der Waals surface area contributed by atoms with Crippen molar-refractivity contribution >= 4 is 5.91 Å². The number of carbonyl (C=O) groups is 1. The van der Waals surface area contributed by atoms with Crippen LogP contribution in [-0.2, 0) is 14.3 Å². The van der Waals surface area contributed by atoms with E-state index in [1.54, 1.807) is 4.90 Å². The standard InChI is InChI=1S/C11H15NO4/c1-11(2)15-7-5-12-8(14)4-3-6(13)9(12)10(7)16-11/h3-4,6-7,9-10,13H,5H2,1-2H3/t6-,7-,9-,10-/m1/s1. The highest BCUT2D eigenvalue weighted by atomic mass is 16.8. The lowest BCUT2D eigenvalue weighted by molar-refractivity contribution is -0.170. The van der Waals surface area contributed by atoms with E-state index in [0.29, 0.717) is 6.54 Å². The third-order valence-corrected chi connectivity index (χ3v) is 3.36. The van der Waals surface area contributed by atoms with E-state index in [4.69, 9.17) is 9.47 Å². The third kappa shape index (κ3) is 1.32. The zero-order chi connectivity index (χ0) is 11.5. The number of hydrogen-bond donors (Lipinski definition) is 1. The maximum Gasteiger partial charge on any atom is 0.246 e. The van der Waals surface area contributed by atoms with Gasteiger partial charge in [-0.3, -0.25) is 4.79 Å². The fourth-order valence-corrected chi connectivity index (χ4v) is 2.79. The van der Waals surface area contributed by atoms with Crippen LogP contribution in [0.25, 0.3) is 0 Å². The average molecular weight is 225 g/mol. The predicted octanol–water partition coefficient (Wildman–Crippen LogP) is -0.352. The molecule has 88 valence electrons. The molecule has 0 spiro atoms. The van der Waals surface area contributed by atoms with E-state index < -0.39 is 11.9 Å². The Hall–Kier alpha value is -0.910. The quantitative estimate of drug-likeness (QED) is 0.612. The molecule has 2 saturated heterocycles. The molecular formula is C11H15NO4. The Kier molecular flexibility index (Phi) is 1.96. The van der Waals surface area contributed by atoms with E-state index in [-0.39, 0.29) is 24.2 Å². The van der Waals surface area contributed by atoms with Gasteiger partial charge in [0.05, 0.1) is 18.7 Å². The fraction of sp³-hybridized carbons (Fsp3) is 0.727. The molecule has 0 aliphatic carbocycles. The van der Waals surface area contributed by atoms with Crippen molar-refractivity contribution < 1.29 is 19.4 Å². The number of nitrogens with zero attached hydrogens (tertiary/aromatic N) is 1. The Morgan fingerprint density at radius 1 is 1.50 bits per heavy atom. The summed E-state index contributed by atoms with van der Waals surface area (Å²) in [5, 5.41) is 9.90. The Bertz CT molecular complexity index is 365. The van der Waals surface area contributed by atoms with Gasteiger partial charge >= 0.3 is 0 Å². The van der Waals surface area contributed by atoms with Gasteiger partial charge < -0.3 is 19.5 Å². The second kappa shape index (κ2) is 3.06. The Morgan fingerprint density at radius 3 is 3.00 bits per heavy atom. The molecule has 0 aromatic carbocycles. The minimum absolute atomic E-state index is 0.0743. The fourth-order valence-electron chi connectivity index (χ4n) is 2.79. The van der Waals surface area contributed by atoms with Crippen molar-refractivity contribution in [3.05, 3.63) is 12.2 Å². The van der Waals surface area contributed by atoms with Crippen molar-refractivity contribution in [1.29, 1.82) is 0 Å². The Morgan fingerprint density at radius 2 is 2.25 bits per heavy atom. The van der Waals surface area contributed by atoms with Gasteiger partial charge in [0.2, 0.25) is 5.91 Å². The lowest BCUT2D eigenvalue weighted by Crippen LogP contribution is -2.50. The van der Waals surface area contributed by atoms with Crippen LogP contribution in [0.15, 0.2) is 12.2 Å². The highest BCUT2D eigenvalue weighted by molar-refractivity contribution is 5.89. The first kappa shape index (κ1) is 10.3. The topological polar surface area (TPSA) is 59.0 Å². The summed E-state index contributed by atoms with van der Waals surface area (Å²) in [6, 6.07) is -0.302. The van der Waals surface area contributed by atoms with Gasteiger partial charge in [-0.2, -0.15) is 0 Å². The van der Waals surface area contributed by atoms with E-state index in [1.807, 2.05) is 13.8 Å². The zero-order valence-electron chi connectivity index (χ0n) is 9.29. The highest BCUT2D eigenvalue weighted by Crippen LogP contribution is 2.39. The molecule has 0 radical (unpaired) electrons. The van der Waals surface area contributed by atoms with Crippen LogP contribution in [-0.4, -0.2) is 52.6 Å². The molecule has 3 aliphatic rings. The summed E-state index contributed by atoms with van der Waals surface area (Å²) in [4.78, 5) is 13.3. The average Bonchev–Trinajstić information content (AvgIpc) is 2.64. The molecule has 5 nitrogen and oxygen atoms in total. The van der Waals surface area contributed by atoms with Crippen LogP contribution in [0.3, 0.4) is 0 Å². The molecule has 2 fully saturated rings. The van der Waals surface area contributed by atoms with Gasteiger partial charge in [-0.15, -0.1) is 0 Å². The molecule has 3 rings (SSSR count). The van der Waals surface area contributed by atoms with Gasteiger partial charge in [0.15, 0.2) is 5.79 Å². The molecule has 0 aromatic rings. The van der Waals surface area contributed by atoms with Crippen molar-refractivity contribution in [2.24, 2.45) is 0 Å². The summed E-state index contributed by atoms with van der Waals surface area (Å²) in [6.45, 7) is 4.20. The van der Waals surface area contributed by atoms with E-state index in [9.17, 15) is 9.90 Å². The first-order chi connectivity index (χ1) is 7.48. The zero-order valence-corrected chi connectivity index (χ0v) is 9.29. The largest absolute Gasteiger partial charge is 0.387 e. The van der Waals surface area contributed by atoms with Gasteiger partial charge in [0.25, 0.3) is 0 Å². The second-order valence-electron chi connectivity index (χ2n) is 4.97. The maximum atomic E-state index is 11.6. The smallest absolute Gasteiger partial charge is 0.246 e. The minimum Gasteiger partial charge on any atom is -0.387 e. The van der Waals surface area contributed by atoms with Crippen LogP contribution in [0, 0.1) is 0 Å². The summed E-state index contributed by atoms with van der Waals surface area (Å²) < 4.78 is 11.5. The van der Waals surface area contributed by atoms with E-state index >= 15 is 0 Å². The molecule has 3 aliphatic heterocycles. The maximum absolute atomic E-state index is 11.6. The molecule has 1 N–H and O–H groups in total. The molecule has 4 atom stereocenters. The van der Waals surface area contributed by atoms with Crippen LogP contribution in [0.5, 0.6) is 0 Å². The summed E-state index contributed by atoms with van der Waals surface area (Å²) in [5.74, 6) is -0.694. The number of fused-ring (bicyclic) bond motifs is 3. The predicted molar refractivity (Wildman–Crippen MR) is 54.5 cm³/mol. The van der Waals surface area contributed by atoms with Gasteiger partial charge in [0.1, 0.15) is 12.2 Å². The van der Waals surface area contributed by atoms with Gasteiger partial charge in [-0.1, -0.05) is 0 Å². The third-order valence-electron chi connectivity index (χ3n) is 3.36. The van der Waals surface area contributed by atoms with Crippen molar-refractivity contribution in [1.82, 2.24) is 4.90 Å². The number of ether oxygens (including phenoxy) is 2. The summed E-state index contributed by atoms with van der Waals surface area (Å²) in [7, 11) is 0. The molecule has 1 amide bonds. The van der Waals surface area contributed by atoms with Crippen molar-refractivity contribution in [3.8, 4) is 0 Å². The van der Waals surface area contributed by atoms with Crippen LogP contribution in [0.1, 0.15) is 13.8 Å². The number of carbonyl (C=O) groups excluding carboxylic acids is 1. The number of aliphatic hydroxyl groups is 1. The molecule has 0 unspecified atom stereocenters. The van der Waals surface area contributed by atoms with E-state index in [2.05, 4.69) is 0 Å². The normalized spacial score (nSPS) is 44.7.